The fourth-order valence-corrected chi connectivity index (χ4v) is 2.83. The molecule has 9 nitrogen and oxygen atoms in total. The molecule has 0 aliphatic rings. The Morgan fingerprint density at radius 2 is 1.82 bits per heavy atom. The minimum Gasteiger partial charge on any atom is -0.476 e. The molecule has 3 aromatic heterocycles. The number of nitrogens with zero attached hydrogens (tertiary/aromatic N) is 6. The van der Waals surface area contributed by atoms with Crippen molar-refractivity contribution in [1.29, 1.82) is 0 Å². The topological polar surface area (TPSA) is 116 Å². The molecule has 138 valence electrons. The summed E-state index contributed by atoms with van der Waals surface area (Å²) in [6, 6.07) is 11.8. The first-order valence-corrected chi connectivity index (χ1v) is 8.28. The molecule has 0 radical (unpaired) electrons. The summed E-state index contributed by atoms with van der Waals surface area (Å²) >= 11 is 0. The number of pyridine rings is 1. The predicted octanol–water partition coefficient (Wildman–Crippen LogP) is 1.79. The molecule has 1 N–H and O–H groups in total. The molecule has 0 aliphatic carbocycles. The molecule has 0 spiro atoms. The number of hydrogen-bond acceptors (Lipinski definition) is 6. The van der Waals surface area contributed by atoms with Gasteiger partial charge in [0.15, 0.2) is 5.69 Å². The van der Waals surface area contributed by atoms with Crippen LogP contribution in [0.2, 0.25) is 0 Å². The van der Waals surface area contributed by atoms with Gasteiger partial charge in [0.05, 0.1) is 29.3 Å². The van der Waals surface area contributed by atoms with E-state index in [-0.39, 0.29) is 11.3 Å². The second-order valence-electron chi connectivity index (χ2n) is 6.01. The summed E-state index contributed by atoms with van der Waals surface area (Å²) in [4.78, 5) is 28.8. The van der Waals surface area contributed by atoms with E-state index in [2.05, 4.69) is 20.4 Å². The summed E-state index contributed by atoms with van der Waals surface area (Å²) in [6.45, 7) is 0. The van der Waals surface area contributed by atoms with Gasteiger partial charge in [-0.25, -0.2) is 9.48 Å². The Bertz CT molecular complexity index is 1230. The molecule has 0 aliphatic heterocycles. The Labute approximate surface area is 158 Å². The van der Waals surface area contributed by atoms with E-state index in [1.807, 2.05) is 6.07 Å². The Kier molecular flexibility index (Phi) is 4.24. The lowest BCUT2D eigenvalue weighted by atomic mass is 10.1. The maximum atomic E-state index is 13.1. The van der Waals surface area contributed by atoms with Crippen LogP contribution in [-0.2, 0) is 7.05 Å². The van der Waals surface area contributed by atoms with E-state index in [1.54, 1.807) is 54.5 Å². The SMILES string of the molecule is Cn1nncc1-c1cncc(-n2nc(C(=O)O)cc(-c3ccccc3)c2=O)c1. The van der Waals surface area contributed by atoms with Gasteiger partial charge in [-0.1, -0.05) is 35.5 Å². The summed E-state index contributed by atoms with van der Waals surface area (Å²) in [6.07, 6.45) is 4.62. The van der Waals surface area contributed by atoms with E-state index >= 15 is 0 Å². The average Bonchev–Trinajstić information content (AvgIpc) is 3.14. The highest BCUT2D eigenvalue weighted by atomic mass is 16.4. The molecule has 3 heterocycles. The largest absolute Gasteiger partial charge is 0.476 e. The molecule has 0 saturated heterocycles. The van der Waals surface area contributed by atoms with Crippen molar-refractivity contribution in [1.82, 2.24) is 29.8 Å². The summed E-state index contributed by atoms with van der Waals surface area (Å²) in [5.41, 5.74) is 1.85. The van der Waals surface area contributed by atoms with Crippen molar-refractivity contribution in [3.05, 3.63) is 77.1 Å². The lowest BCUT2D eigenvalue weighted by molar-refractivity contribution is 0.0688. The molecule has 4 rings (SSSR count). The molecule has 0 bridgehead atoms. The molecule has 0 fully saturated rings. The van der Waals surface area contributed by atoms with Crippen LogP contribution in [-0.4, -0.2) is 40.8 Å². The molecular weight excluding hydrogens is 360 g/mol. The summed E-state index contributed by atoms with van der Waals surface area (Å²) in [7, 11) is 1.73. The van der Waals surface area contributed by atoms with E-state index < -0.39 is 11.5 Å². The van der Waals surface area contributed by atoms with Crippen LogP contribution in [0.4, 0.5) is 0 Å². The van der Waals surface area contributed by atoms with Crippen molar-refractivity contribution in [2.75, 3.05) is 0 Å². The first-order chi connectivity index (χ1) is 13.5. The molecule has 0 unspecified atom stereocenters. The van der Waals surface area contributed by atoms with Gasteiger partial charge in [0, 0.05) is 18.8 Å². The Balaban J connectivity index is 1.93. The third kappa shape index (κ3) is 3.05. The second-order valence-corrected chi connectivity index (χ2v) is 6.01. The summed E-state index contributed by atoms with van der Waals surface area (Å²) in [5.74, 6) is -1.23. The number of aryl methyl sites for hydroxylation is 1. The molecular formula is C19H14N6O3. The number of aromatic nitrogens is 6. The van der Waals surface area contributed by atoms with Gasteiger partial charge >= 0.3 is 5.97 Å². The minimum atomic E-state index is -1.23. The first kappa shape index (κ1) is 17.3. The van der Waals surface area contributed by atoms with Gasteiger partial charge in [-0.05, 0) is 17.7 Å². The van der Waals surface area contributed by atoms with Crippen molar-refractivity contribution in [2.45, 2.75) is 0 Å². The van der Waals surface area contributed by atoms with Gasteiger partial charge in [-0.2, -0.15) is 9.78 Å². The molecule has 4 aromatic rings. The van der Waals surface area contributed by atoms with E-state index in [0.717, 1.165) is 4.68 Å². The lowest BCUT2D eigenvalue weighted by Gasteiger charge is -2.10. The predicted molar refractivity (Wildman–Crippen MR) is 100 cm³/mol. The Hall–Kier alpha value is -4.14. The van der Waals surface area contributed by atoms with Gasteiger partial charge in [0.1, 0.15) is 0 Å². The fourth-order valence-electron chi connectivity index (χ4n) is 2.83. The van der Waals surface area contributed by atoms with Crippen LogP contribution < -0.4 is 5.56 Å². The van der Waals surface area contributed by atoms with E-state index in [4.69, 9.17) is 0 Å². The summed E-state index contributed by atoms with van der Waals surface area (Å²) < 4.78 is 2.62. The highest BCUT2D eigenvalue weighted by molar-refractivity contribution is 5.86. The third-order valence-electron chi connectivity index (χ3n) is 4.19. The standard InChI is InChI=1S/C19H14N6O3/c1-24-17(11-21-23-24)13-7-14(10-20-9-13)25-18(26)15(8-16(22-25)19(27)28)12-5-3-2-4-6-12/h2-11H,1H3,(H,27,28). The maximum Gasteiger partial charge on any atom is 0.356 e. The maximum absolute atomic E-state index is 13.1. The average molecular weight is 374 g/mol. The van der Waals surface area contributed by atoms with Crippen molar-refractivity contribution >= 4 is 5.97 Å². The lowest BCUT2D eigenvalue weighted by Crippen LogP contribution is -2.25. The van der Waals surface area contributed by atoms with Crippen LogP contribution in [0.15, 0.2) is 65.8 Å². The normalized spacial score (nSPS) is 10.8. The summed E-state index contributed by atoms with van der Waals surface area (Å²) in [5, 5.41) is 21.2. The van der Waals surface area contributed by atoms with Crippen LogP contribution >= 0.6 is 0 Å². The highest BCUT2D eigenvalue weighted by Gasteiger charge is 2.16. The Morgan fingerprint density at radius 3 is 2.50 bits per heavy atom. The van der Waals surface area contributed by atoms with Gasteiger partial charge < -0.3 is 5.11 Å². The van der Waals surface area contributed by atoms with E-state index in [1.165, 1.54) is 12.3 Å². The van der Waals surface area contributed by atoms with Crippen LogP contribution in [0.25, 0.3) is 28.1 Å². The molecule has 0 saturated carbocycles. The fraction of sp³-hybridized carbons (Fsp3) is 0.0526. The monoisotopic (exact) mass is 374 g/mol. The zero-order valence-electron chi connectivity index (χ0n) is 14.7. The third-order valence-corrected chi connectivity index (χ3v) is 4.19. The zero-order valence-corrected chi connectivity index (χ0v) is 14.7. The molecule has 1 aromatic carbocycles. The van der Waals surface area contributed by atoms with Crippen molar-refractivity contribution in [3.8, 4) is 28.1 Å². The molecule has 0 amide bonds. The quantitative estimate of drug-likeness (QED) is 0.579. The van der Waals surface area contributed by atoms with Crippen LogP contribution in [0.5, 0.6) is 0 Å². The Morgan fingerprint density at radius 1 is 1.04 bits per heavy atom. The first-order valence-electron chi connectivity index (χ1n) is 8.28. The number of hydrogen-bond donors (Lipinski definition) is 1. The molecule has 9 heteroatoms. The number of carbonyl (C=O) groups is 1. The second kappa shape index (κ2) is 6.88. The molecule has 28 heavy (non-hydrogen) atoms. The number of carboxylic acids is 1. The number of rotatable bonds is 4. The number of carboxylic acid groups (broad SMARTS) is 1. The number of benzene rings is 1. The van der Waals surface area contributed by atoms with Gasteiger partial charge in [0.2, 0.25) is 0 Å². The van der Waals surface area contributed by atoms with E-state index in [0.29, 0.717) is 22.5 Å². The number of aromatic carboxylic acids is 1. The van der Waals surface area contributed by atoms with Crippen LogP contribution in [0.1, 0.15) is 10.5 Å². The van der Waals surface area contributed by atoms with Crippen LogP contribution in [0.3, 0.4) is 0 Å². The molecule has 0 atom stereocenters. The minimum absolute atomic E-state index is 0.237. The van der Waals surface area contributed by atoms with Crippen LogP contribution in [0, 0.1) is 0 Å². The highest BCUT2D eigenvalue weighted by Crippen LogP contribution is 2.20. The zero-order chi connectivity index (χ0) is 19.7. The van der Waals surface area contributed by atoms with Gasteiger partial charge in [-0.3, -0.25) is 9.78 Å². The smallest absolute Gasteiger partial charge is 0.356 e. The van der Waals surface area contributed by atoms with Gasteiger partial charge in [-0.15, -0.1) is 5.10 Å². The van der Waals surface area contributed by atoms with E-state index in [9.17, 15) is 14.7 Å². The van der Waals surface area contributed by atoms with Crippen molar-refractivity contribution < 1.29 is 9.90 Å². The van der Waals surface area contributed by atoms with Crippen molar-refractivity contribution in [2.24, 2.45) is 7.05 Å². The van der Waals surface area contributed by atoms with Gasteiger partial charge in [0.25, 0.3) is 5.56 Å². The van der Waals surface area contributed by atoms with Crippen molar-refractivity contribution in [3.63, 3.8) is 0 Å².